The van der Waals surface area contributed by atoms with Gasteiger partial charge in [0.05, 0.1) is 27.5 Å². The van der Waals surface area contributed by atoms with Crippen LogP contribution in [0.4, 0.5) is 39.4 Å². The molecule has 10 rings (SSSR count). The number of carbonyl (C=O) groups is 3. The number of nitrogens with zero attached hydrogens (tertiary/aromatic N) is 7. The van der Waals surface area contributed by atoms with E-state index in [1.807, 2.05) is 12.1 Å². The molecule has 6 aliphatic rings. The van der Waals surface area contributed by atoms with E-state index < -0.39 is 0 Å². The van der Waals surface area contributed by atoms with Gasteiger partial charge in [0.1, 0.15) is 23.0 Å². The third-order valence-electron chi connectivity index (χ3n) is 10.5. The van der Waals surface area contributed by atoms with Gasteiger partial charge < -0.3 is 20.9 Å². The molecule has 4 aliphatic heterocycles. The predicted octanol–water partition coefficient (Wildman–Crippen LogP) is 7.13. The van der Waals surface area contributed by atoms with Crippen LogP contribution < -0.4 is 31.1 Å². The molecule has 15 heteroatoms. The Labute approximate surface area is 323 Å². The van der Waals surface area contributed by atoms with E-state index in [0.717, 1.165) is 62.6 Å². The van der Waals surface area contributed by atoms with Crippen LogP contribution >= 0.6 is 23.2 Å². The third-order valence-corrected chi connectivity index (χ3v) is 11.0. The van der Waals surface area contributed by atoms with Gasteiger partial charge in [-0.1, -0.05) is 23.2 Å². The van der Waals surface area contributed by atoms with Gasteiger partial charge in [-0.05, 0) is 98.9 Å². The first-order valence-electron chi connectivity index (χ1n) is 18.6. The molecule has 2 amide bonds. The first-order valence-corrected chi connectivity index (χ1v) is 19.4. The van der Waals surface area contributed by atoms with Gasteiger partial charge in [0.15, 0.2) is 23.2 Å². The Hall–Kier alpha value is -5.01. The Morgan fingerprint density at radius 3 is 2.00 bits per heavy atom. The van der Waals surface area contributed by atoms with Crippen LogP contribution in [0.2, 0.25) is 10.0 Å². The molecule has 4 N–H and O–H groups in total. The van der Waals surface area contributed by atoms with Gasteiger partial charge in [-0.2, -0.15) is 0 Å². The number of Topliss-reactive ketones (excluding diaryl/α,β-unsaturated/α-hetero) is 2. The maximum atomic E-state index is 13.1. The van der Waals surface area contributed by atoms with Crippen LogP contribution in [0.1, 0.15) is 72.3 Å². The number of pyridine rings is 4. The number of amides is 2. The lowest BCUT2D eigenvalue weighted by atomic mass is 10.1. The van der Waals surface area contributed by atoms with E-state index in [4.69, 9.17) is 28.9 Å². The molecule has 2 saturated heterocycles. The fourth-order valence-corrected chi connectivity index (χ4v) is 7.49. The lowest BCUT2D eigenvalue weighted by Gasteiger charge is -2.35. The zero-order valence-electron chi connectivity index (χ0n) is 29.8. The van der Waals surface area contributed by atoms with Crippen molar-refractivity contribution in [3.63, 3.8) is 0 Å². The summed E-state index contributed by atoms with van der Waals surface area (Å²) < 4.78 is 0. The maximum Gasteiger partial charge on any atom is 0.329 e. The van der Waals surface area contributed by atoms with Crippen LogP contribution in [0, 0.1) is 11.8 Å². The Bertz CT molecular complexity index is 2020. The minimum absolute atomic E-state index is 0.0288. The number of fused-ring (bicyclic) bond motifs is 8. The number of hydrogen-bond donors (Lipinski definition) is 3. The first kappa shape index (κ1) is 36.0. The smallest absolute Gasteiger partial charge is 0.329 e. The second-order valence-electron chi connectivity index (χ2n) is 14.8. The molecule has 2 atom stereocenters. The highest BCUT2D eigenvalue weighted by atomic mass is 35.5. The van der Waals surface area contributed by atoms with Crippen molar-refractivity contribution in [2.75, 3.05) is 57.2 Å². The van der Waals surface area contributed by atoms with Crippen molar-refractivity contribution in [3.05, 3.63) is 82.4 Å². The average molecular weight is 770 g/mol. The molecule has 4 aromatic heterocycles. The molecule has 0 unspecified atom stereocenters. The maximum absolute atomic E-state index is 13.1. The Morgan fingerprint density at radius 1 is 0.741 bits per heavy atom. The zero-order chi connectivity index (χ0) is 37.3. The van der Waals surface area contributed by atoms with Crippen LogP contribution in [0.25, 0.3) is 0 Å². The SMILES string of the molecule is Nc1ccc(Cl)cn1.O=C(CC1CC1)c1ccc2c(n1)N(C(=O)Nc1ccc(Cl)cn1)[C@H]1CCN2C1.O=C(CC1CC1)c1ccc2c(n1)N[C@H]1CCN2C1. The van der Waals surface area contributed by atoms with E-state index >= 15 is 0 Å². The molecule has 280 valence electrons. The van der Waals surface area contributed by atoms with E-state index in [0.29, 0.717) is 69.6 Å². The number of halogens is 2. The normalized spacial score (nSPS) is 20.0. The number of aromatic nitrogens is 4. The van der Waals surface area contributed by atoms with Crippen molar-refractivity contribution in [1.29, 1.82) is 0 Å². The number of rotatable bonds is 7. The van der Waals surface area contributed by atoms with E-state index in [2.05, 4.69) is 46.4 Å². The van der Waals surface area contributed by atoms with E-state index in [1.165, 1.54) is 31.7 Å². The first-order chi connectivity index (χ1) is 26.2. The largest absolute Gasteiger partial charge is 0.384 e. The highest BCUT2D eigenvalue weighted by molar-refractivity contribution is 6.30. The van der Waals surface area contributed by atoms with Crippen LogP contribution in [0.15, 0.2) is 60.9 Å². The molecule has 0 spiro atoms. The number of carbonyl (C=O) groups excluding carboxylic acids is 3. The highest BCUT2D eigenvalue weighted by Crippen LogP contribution is 2.40. The van der Waals surface area contributed by atoms with E-state index in [-0.39, 0.29) is 23.6 Å². The van der Waals surface area contributed by atoms with Crippen molar-refractivity contribution in [3.8, 4) is 0 Å². The van der Waals surface area contributed by atoms with Gasteiger partial charge >= 0.3 is 6.03 Å². The summed E-state index contributed by atoms with van der Waals surface area (Å²) in [6.07, 6.45) is 10.9. The van der Waals surface area contributed by atoms with Crippen LogP contribution in [-0.2, 0) is 0 Å². The summed E-state index contributed by atoms with van der Waals surface area (Å²) in [6, 6.07) is 14.6. The summed E-state index contributed by atoms with van der Waals surface area (Å²) >= 11 is 11.4. The molecule has 54 heavy (non-hydrogen) atoms. The summed E-state index contributed by atoms with van der Waals surface area (Å²) in [7, 11) is 0. The van der Waals surface area contributed by atoms with Gasteiger partial charge in [-0.25, -0.2) is 24.7 Å². The summed E-state index contributed by atoms with van der Waals surface area (Å²) in [5.74, 6) is 3.77. The van der Waals surface area contributed by atoms with E-state index in [9.17, 15) is 14.4 Å². The van der Waals surface area contributed by atoms with Crippen LogP contribution in [0.3, 0.4) is 0 Å². The molecule has 0 aromatic carbocycles. The van der Waals surface area contributed by atoms with Crippen molar-refractivity contribution >= 4 is 75.4 Å². The van der Waals surface area contributed by atoms with Gasteiger partial charge in [-0.3, -0.25) is 19.8 Å². The van der Waals surface area contributed by atoms with Crippen molar-refractivity contribution in [2.24, 2.45) is 11.8 Å². The van der Waals surface area contributed by atoms with E-state index in [1.54, 1.807) is 35.2 Å². The summed E-state index contributed by atoms with van der Waals surface area (Å²) in [4.78, 5) is 61.0. The van der Waals surface area contributed by atoms with Crippen LogP contribution in [0.5, 0.6) is 0 Å². The number of nitrogen functional groups attached to an aromatic ring is 1. The van der Waals surface area contributed by atoms with Gasteiger partial charge in [0, 0.05) is 57.5 Å². The van der Waals surface area contributed by atoms with Crippen molar-refractivity contribution in [2.45, 2.75) is 63.5 Å². The summed E-state index contributed by atoms with van der Waals surface area (Å²) in [5.41, 5.74) is 8.39. The van der Waals surface area contributed by atoms with Crippen molar-refractivity contribution < 1.29 is 14.4 Å². The van der Waals surface area contributed by atoms with Gasteiger partial charge in [0.25, 0.3) is 0 Å². The standard InChI is InChI=1S/C20H20ClN5O2.C14H17N3O.C5H5ClN2/c21-13-3-6-18(22-10-13)24-20(28)26-14-7-8-25(11-14)16-5-4-15(23-19(16)26)17(27)9-12-1-2-12;18-13(7-9-1-2-9)11-3-4-12-14(16-11)15-10-5-6-17(12)8-10;6-4-1-2-5(7)8-3-4/h3-6,10,12,14H,1-2,7-9,11H2,(H,22,24,28);3-4,9-10H,1-2,5-8H2,(H,15,16);1-3H,(H2,7,8)/t14-;10-;/m00./s1. The van der Waals surface area contributed by atoms with Crippen LogP contribution in [-0.4, -0.2) is 75.8 Å². The minimum atomic E-state index is -0.290. The molecule has 13 nitrogen and oxygen atoms in total. The Kier molecular flexibility index (Phi) is 10.3. The molecule has 2 aliphatic carbocycles. The lowest BCUT2D eigenvalue weighted by molar-refractivity contribution is 0.0963. The molecular weight excluding hydrogens is 727 g/mol. The predicted molar refractivity (Wildman–Crippen MR) is 211 cm³/mol. The number of ketones is 2. The Balaban J connectivity index is 0.000000135. The zero-order valence-corrected chi connectivity index (χ0v) is 31.3. The highest BCUT2D eigenvalue weighted by Gasteiger charge is 2.41. The number of hydrogen-bond acceptors (Lipinski definition) is 11. The fraction of sp³-hybridized carbons (Fsp3) is 0.410. The number of nitrogens with two attached hydrogens (primary N) is 1. The molecular formula is C39H42Cl2N10O3. The number of urea groups is 1. The number of nitrogens with one attached hydrogen (secondary N) is 2. The quantitative estimate of drug-likeness (QED) is 0.164. The molecule has 8 heterocycles. The lowest BCUT2D eigenvalue weighted by Crippen LogP contribution is -2.48. The third kappa shape index (κ3) is 8.37. The summed E-state index contributed by atoms with van der Waals surface area (Å²) in [5, 5.41) is 7.39. The topological polar surface area (TPSA) is 163 Å². The second kappa shape index (κ2) is 15.4. The Morgan fingerprint density at radius 2 is 1.37 bits per heavy atom. The fourth-order valence-electron chi connectivity index (χ4n) is 7.27. The molecule has 2 saturated carbocycles. The molecule has 0 radical (unpaired) electrons. The number of anilines is 6. The molecule has 4 bridgehead atoms. The van der Waals surface area contributed by atoms with Gasteiger partial charge in [0.2, 0.25) is 0 Å². The average Bonchev–Trinajstić information content (AvgIpc) is 4.10. The van der Waals surface area contributed by atoms with Crippen molar-refractivity contribution in [1.82, 2.24) is 19.9 Å². The summed E-state index contributed by atoms with van der Waals surface area (Å²) in [6.45, 7) is 3.81. The molecule has 4 fully saturated rings. The van der Waals surface area contributed by atoms with Gasteiger partial charge in [-0.15, -0.1) is 0 Å². The molecule has 4 aromatic rings. The second-order valence-corrected chi connectivity index (χ2v) is 15.6. The monoisotopic (exact) mass is 768 g/mol. The minimum Gasteiger partial charge on any atom is -0.384 e.